The van der Waals surface area contributed by atoms with E-state index in [-0.39, 0.29) is 11.0 Å². The number of likely N-dealkylation sites (tertiary alicyclic amines) is 1. The van der Waals surface area contributed by atoms with Gasteiger partial charge in [-0.15, -0.1) is 0 Å². The summed E-state index contributed by atoms with van der Waals surface area (Å²) in [6.07, 6.45) is 5.74. The fourth-order valence-electron chi connectivity index (χ4n) is 3.44. The Labute approximate surface area is 111 Å². The molecule has 0 radical (unpaired) electrons. The molecule has 3 heteroatoms. The summed E-state index contributed by atoms with van der Waals surface area (Å²) in [4.78, 5) is 2.54. The van der Waals surface area contributed by atoms with E-state index in [2.05, 4.69) is 31.4 Å². The second kappa shape index (κ2) is 5.10. The molecule has 2 aliphatic rings. The highest BCUT2D eigenvalue weighted by Gasteiger charge is 2.43. The van der Waals surface area contributed by atoms with E-state index in [1.54, 1.807) is 0 Å². The number of piperidine rings is 1. The third kappa shape index (κ3) is 3.18. The molecule has 0 aromatic rings. The Morgan fingerprint density at radius 2 is 2.12 bits per heavy atom. The molecule has 100 valence electrons. The summed E-state index contributed by atoms with van der Waals surface area (Å²) in [5.74, 6) is 1.44. The summed E-state index contributed by atoms with van der Waals surface area (Å²) in [6, 6.07) is 0. The Kier molecular flexibility index (Phi) is 4.11. The average Bonchev–Trinajstić information content (AvgIpc) is 2.29. The maximum atomic E-state index is 10.6. The molecule has 2 nitrogen and oxygen atoms in total. The molecule has 2 rings (SSSR count). The molecule has 2 unspecified atom stereocenters. The number of aliphatic hydroxyl groups is 1. The zero-order chi connectivity index (χ0) is 12.5. The van der Waals surface area contributed by atoms with Crippen LogP contribution in [0, 0.1) is 11.3 Å². The van der Waals surface area contributed by atoms with Crippen LogP contribution in [0.15, 0.2) is 0 Å². The molecule has 2 fully saturated rings. The summed E-state index contributed by atoms with van der Waals surface area (Å²) in [5, 5.41) is 10.6. The first-order valence-corrected chi connectivity index (χ1v) is 7.64. The van der Waals surface area contributed by atoms with Crippen molar-refractivity contribution in [3.63, 3.8) is 0 Å². The van der Waals surface area contributed by atoms with Crippen LogP contribution in [0.1, 0.15) is 46.0 Å². The van der Waals surface area contributed by atoms with Gasteiger partial charge in [0.25, 0.3) is 0 Å². The minimum atomic E-state index is -0.333. The lowest BCUT2D eigenvalue weighted by atomic mass is 9.71. The Bertz CT molecular complexity index is 269. The Morgan fingerprint density at radius 1 is 1.35 bits per heavy atom. The quantitative estimate of drug-likeness (QED) is 0.759. The number of hydrogen-bond donors (Lipinski definition) is 2. The third-order valence-corrected chi connectivity index (χ3v) is 5.45. The molecule has 1 N–H and O–H groups in total. The first kappa shape index (κ1) is 13.7. The van der Waals surface area contributed by atoms with Gasteiger partial charge in [0.2, 0.25) is 0 Å². The fourth-order valence-corrected chi connectivity index (χ4v) is 3.54. The first-order chi connectivity index (χ1) is 7.95. The lowest BCUT2D eigenvalue weighted by Crippen LogP contribution is -2.54. The van der Waals surface area contributed by atoms with Gasteiger partial charge in [-0.2, -0.15) is 12.6 Å². The van der Waals surface area contributed by atoms with Crippen molar-refractivity contribution in [3.05, 3.63) is 0 Å². The second-order valence-corrected chi connectivity index (χ2v) is 7.17. The van der Waals surface area contributed by atoms with Crippen molar-refractivity contribution < 1.29 is 5.11 Å². The molecule has 0 bridgehead atoms. The lowest BCUT2D eigenvalue weighted by Gasteiger charge is -2.48. The SMILES string of the molecule is CC(C)(CS)CN1CCC2(O)CCCCC2C1. The van der Waals surface area contributed by atoms with E-state index in [0.717, 1.165) is 38.2 Å². The van der Waals surface area contributed by atoms with Crippen LogP contribution in [0.2, 0.25) is 0 Å². The van der Waals surface area contributed by atoms with Crippen LogP contribution in [-0.4, -0.2) is 41.0 Å². The maximum Gasteiger partial charge on any atom is 0.0700 e. The zero-order valence-electron chi connectivity index (χ0n) is 11.3. The normalized spacial score (nSPS) is 35.6. The van der Waals surface area contributed by atoms with Gasteiger partial charge < -0.3 is 10.0 Å². The van der Waals surface area contributed by atoms with Crippen molar-refractivity contribution in [2.75, 3.05) is 25.4 Å². The minimum absolute atomic E-state index is 0.285. The summed E-state index contributed by atoms with van der Waals surface area (Å²) in [6.45, 7) is 7.82. The maximum absolute atomic E-state index is 10.6. The van der Waals surface area contributed by atoms with E-state index < -0.39 is 0 Å². The molecular weight excluding hydrogens is 230 g/mol. The van der Waals surface area contributed by atoms with Crippen LogP contribution in [0.5, 0.6) is 0 Å². The number of hydrogen-bond acceptors (Lipinski definition) is 3. The molecule has 0 aromatic carbocycles. The second-order valence-electron chi connectivity index (χ2n) is 6.85. The molecule has 0 aromatic heterocycles. The Hall–Kier alpha value is 0.270. The average molecular weight is 257 g/mol. The molecule has 1 aliphatic carbocycles. The summed E-state index contributed by atoms with van der Waals surface area (Å²) in [5.41, 5.74) is -0.0485. The van der Waals surface area contributed by atoms with E-state index in [1.807, 2.05) is 0 Å². The van der Waals surface area contributed by atoms with Gasteiger partial charge in [-0.3, -0.25) is 0 Å². The monoisotopic (exact) mass is 257 g/mol. The van der Waals surface area contributed by atoms with Gasteiger partial charge in [0.05, 0.1) is 5.60 Å². The standard InChI is InChI=1S/C14H27NOS/c1-13(2,11-17)10-15-8-7-14(16)6-4-3-5-12(14)9-15/h12,16-17H,3-11H2,1-2H3. The van der Waals surface area contributed by atoms with Crippen molar-refractivity contribution in [1.29, 1.82) is 0 Å². The molecule has 1 aliphatic heterocycles. The van der Waals surface area contributed by atoms with E-state index in [1.165, 1.54) is 19.3 Å². The Balaban J connectivity index is 1.93. The van der Waals surface area contributed by atoms with E-state index in [0.29, 0.717) is 5.92 Å². The molecule has 0 spiro atoms. The van der Waals surface area contributed by atoms with Crippen molar-refractivity contribution >= 4 is 12.6 Å². The third-order valence-electron chi connectivity index (χ3n) is 4.59. The van der Waals surface area contributed by atoms with Crippen molar-refractivity contribution in [3.8, 4) is 0 Å². The first-order valence-electron chi connectivity index (χ1n) is 7.01. The molecule has 1 saturated carbocycles. The predicted octanol–water partition coefficient (Wildman–Crippen LogP) is 2.57. The zero-order valence-corrected chi connectivity index (χ0v) is 12.2. The Morgan fingerprint density at radius 3 is 2.82 bits per heavy atom. The highest BCUT2D eigenvalue weighted by atomic mass is 32.1. The molecule has 1 saturated heterocycles. The van der Waals surface area contributed by atoms with Gasteiger partial charge in [-0.25, -0.2) is 0 Å². The smallest absolute Gasteiger partial charge is 0.0700 e. The number of thiol groups is 1. The topological polar surface area (TPSA) is 23.5 Å². The highest BCUT2D eigenvalue weighted by molar-refractivity contribution is 7.80. The van der Waals surface area contributed by atoms with Gasteiger partial charge in [-0.05, 0) is 30.4 Å². The van der Waals surface area contributed by atoms with E-state index in [4.69, 9.17) is 0 Å². The minimum Gasteiger partial charge on any atom is -0.390 e. The van der Waals surface area contributed by atoms with Gasteiger partial charge in [0, 0.05) is 25.6 Å². The molecule has 17 heavy (non-hydrogen) atoms. The molecule has 0 amide bonds. The van der Waals surface area contributed by atoms with Crippen LogP contribution < -0.4 is 0 Å². The molecule has 2 atom stereocenters. The lowest BCUT2D eigenvalue weighted by molar-refractivity contribution is -0.0989. The number of rotatable bonds is 3. The largest absolute Gasteiger partial charge is 0.390 e. The van der Waals surface area contributed by atoms with Crippen molar-refractivity contribution in [2.45, 2.75) is 51.6 Å². The van der Waals surface area contributed by atoms with Crippen LogP contribution in [-0.2, 0) is 0 Å². The van der Waals surface area contributed by atoms with E-state index >= 15 is 0 Å². The molecular formula is C14H27NOS. The highest BCUT2D eigenvalue weighted by Crippen LogP contribution is 2.40. The van der Waals surface area contributed by atoms with E-state index in [9.17, 15) is 5.11 Å². The van der Waals surface area contributed by atoms with Crippen LogP contribution in [0.3, 0.4) is 0 Å². The van der Waals surface area contributed by atoms with Gasteiger partial charge >= 0.3 is 0 Å². The van der Waals surface area contributed by atoms with Gasteiger partial charge in [0.1, 0.15) is 0 Å². The molecule has 1 heterocycles. The van der Waals surface area contributed by atoms with Crippen LogP contribution >= 0.6 is 12.6 Å². The van der Waals surface area contributed by atoms with Gasteiger partial charge in [0.15, 0.2) is 0 Å². The summed E-state index contributed by atoms with van der Waals surface area (Å²) >= 11 is 4.43. The van der Waals surface area contributed by atoms with Gasteiger partial charge in [-0.1, -0.05) is 26.7 Å². The fraction of sp³-hybridized carbons (Fsp3) is 1.00. The number of nitrogens with zero attached hydrogens (tertiary/aromatic N) is 1. The summed E-state index contributed by atoms with van der Waals surface area (Å²) in [7, 11) is 0. The number of fused-ring (bicyclic) bond motifs is 1. The van der Waals surface area contributed by atoms with Crippen molar-refractivity contribution in [1.82, 2.24) is 4.90 Å². The van der Waals surface area contributed by atoms with Crippen molar-refractivity contribution in [2.24, 2.45) is 11.3 Å². The van der Waals surface area contributed by atoms with Crippen LogP contribution in [0.4, 0.5) is 0 Å². The van der Waals surface area contributed by atoms with Crippen LogP contribution in [0.25, 0.3) is 0 Å². The predicted molar refractivity (Wildman–Crippen MR) is 75.6 cm³/mol. The summed E-state index contributed by atoms with van der Waals surface area (Å²) < 4.78 is 0.